The molecule has 4 nitrogen and oxygen atoms in total. The second kappa shape index (κ2) is 5.03. The minimum absolute atomic E-state index is 0.262. The number of piperidine rings is 1. The van der Waals surface area contributed by atoms with Crippen molar-refractivity contribution in [1.82, 2.24) is 9.88 Å². The van der Waals surface area contributed by atoms with Gasteiger partial charge in [0.05, 0.1) is 18.6 Å². The van der Waals surface area contributed by atoms with Gasteiger partial charge in [-0.3, -0.25) is 0 Å². The highest BCUT2D eigenvalue weighted by molar-refractivity contribution is 5.23. The van der Waals surface area contributed by atoms with Crippen LogP contribution in [0.1, 0.15) is 18.5 Å². The van der Waals surface area contributed by atoms with Crippen molar-refractivity contribution in [2.24, 2.45) is 11.7 Å². The van der Waals surface area contributed by atoms with Crippen LogP contribution >= 0.6 is 0 Å². The fraction of sp³-hybridized carbons (Fsp3) is 0.714. The first-order chi connectivity index (χ1) is 8.85. The second-order valence-corrected chi connectivity index (χ2v) is 5.64. The monoisotopic (exact) mass is 249 g/mol. The van der Waals surface area contributed by atoms with Crippen LogP contribution in [0.25, 0.3) is 0 Å². The summed E-state index contributed by atoms with van der Waals surface area (Å²) in [5, 5.41) is 0. The summed E-state index contributed by atoms with van der Waals surface area (Å²) in [5.74, 6) is 0.749. The van der Waals surface area contributed by atoms with Crippen LogP contribution in [0.5, 0.6) is 0 Å². The van der Waals surface area contributed by atoms with Gasteiger partial charge in [0.1, 0.15) is 0 Å². The highest BCUT2D eigenvalue weighted by Gasteiger charge is 2.48. The van der Waals surface area contributed by atoms with E-state index in [9.17, 15) is 0 Å². The predicted molar refractivity (Wildman–Crippen MR) is 71.5 cm³/mol. The quantitative estimate of drug-likeness (QED) is 0.835. The van der Waals surface area contributed by atoms with E-state index in [-0.39, 0.29) is 5.41 Å². The van der Waals surface area contributed by atoms with Crippen LogP contribution in [-0.4, -0.2) is 49.3 Å². The molecule has 0 atom stereocenters. The van der Waals surface area contributed by atoms with Crippen molar-refractivity contribution in [3.63, 3.8) is 0 Å². The van der Waals surface area contributed by atoms with E-state index in [0.29, 0.717) is 0 Å². The van der Waals surface area contributed by atoms with E-state index >= 15 is 0 Å². The summed E-state index contributed by atoms with van der Waals surface area (Å²) in [4.78, 5) is 5.88. The van der Waals surface area contributed by atoms with E-state index in [0.717, 1.165) is 32.2 Å². The molecule has 0 aliphatic carbocycles. The lowest BCUT2D eigenvalue weighted by atomic mass is 9.67. The molecule has 3 heterocycles. The SMILES string of the molecule is NCCN1CCC(C2(c3ccc[nH]3)COC2)CC1. The number of hydrogen-bond donors (Lipinski definition) is 2. The van der Waals surface area contributed by atoms with Crippen LogP contribution in [-0.2, 0) is 10.2 Å². The molecule has 4 heteroatoms. The molecule has 2 saturated heterocycles. The number of nitrogens with zero attached hydrogens (tertiary/aromatic N) is 1. The van der Waals surface area contributed by atoms with Gasteiger partial charge in [-0.15, -0.1) is 0 Å². The third kappa shape index (κ3) is 1.98. The summed E-state index contributed by atoms with van der Waals surface area (Å²) >= 11 is 0. The molecule has 0 unspecified atom stereocenters. The molecule has 0 aromatic carbocycles. The molecular formula is C14H23N3O. The van der Waals surface area contributed by atoms with Crippen LogP contribution in [0.15, 0.2) is 18.3 Å². The maximum atomic E-state index is 5.63. The van der Waals surface area contributed by atoms with Crippen molar-refractivity contribution in [1.29, 1.82) is 0 Å². The Morgan fingerprint density at radius 1 is 1.39 bits per heavy atom. The maximum Gasteiger partial charge on any atom is 0.0602 e. The van der Waals surface area contributed by atoms with Gasteiger partial charge in [0.15, 0.2) is 0 Å². The zero-order valence-electron chi connectivity index (χ0n) is 10.9. The van der Waals surface area contributed by atoms with Crippen LogP contribution < -0.4 is 5.73 Å². The van der Waals surface area contributed by atoms with Gasteiger partial charge in [0.2, 0.25) is 0 Å². The van der Waals surface area contributed by atoms with Gasteiger partial charge in [0, 0.05) is 25.0 Å². The number of nitrogens with one attached hydrogen (secondary N) is 1. The summed E-state index contributed by atoms with van der Waals surface area (Å²) in [6.07, 6.45) is 4.56. The minimum Gasteiger partial charge on any atom is -0.379 e. The Morgan fingerprint density at radius 3 is 2.67 bits per heavy atom. The molecule has 100 valence electrons. The number of H-pyrrole nitrogens is 1. The van der Waals surface area contributed by atoms with Gasteiger partial charge in [-0.05, 0) is 44.0 Å². The van der Waals surface area contributed by atoms with Gasteiger partial charge in [-0.25, -0.2) is 0 Å². The van der Waals surface area contributed by atoms with E-state index in [4.69, 9.17) is 10.5 Å². The molecule has 18 heavy (non-hydrogen) atoms. The first-order valence-electron chi connectivity index (χ1n) is 6.99. The van der Waals surface area contributed by atoms with Crippen LogP contribution in [0.2, 0.25) is 0 Å². The highest BCUT2D eigenvalue weighted by atomic mass is 16.5. The van der Waals surface area contributed by atoms with Gasteiger partial charge in [0.25, 0.3) is 0 Å². The van der Waals surface area contributed by atoms with Crippen molar-refractivity contribution in [2.45, 2.75) is 18.3 Å². The lowest BCUT2D eigenvalue weighted by molar-refractivity contribution is -0.103. The van der Waals surface area contributed by atoms with Gasteiger partial charge >= 0.3 is 0 Å². The molecule has 0 spiro atoms. The topological polar surface area (TPSA) is 54.3 Å². The first-order valence-corrected chi connectivity index (χ1v) is 6.99. The molecule has 1 aromatic rings. The molecule has 3 rings (SSSR count). The average molecular weight is 249 g/mol. The van der Waals surface area contributed by atoms with E-state index < -0.39 is 0 Å². The molecule has 0 radical (unpaired) electrons. The normalized spacial score (nSPS) is 24.9. The number of rotatable bonds is 4. The summed E-state index contributed by atoms with van der Waals surface area (Å²) in [6, 6.07) is 4.31. The lowest BCUT2D eigenvalue weighted by Crippen LogP contribution is -2.55. The van der Waals surface area contributed by atoms with Crippen LogP contribution in [0.3, 0.4) is 0 Å². The Hall–Kier alpha value is -0.840. The largest absolute Gasteiger partial charge is 0.379 e. The number of aromatic nitrogens is 1. The minimum atomic E-state index is 0.262. The standard InChI is InChI=1S/C14H23N3O/c15-5-9-17-7-3-12(4-8-17)14(10-18-11-14)13-2-1-6-16-13/h1-2,6,12,16H,3-5,7-11,15H2. The van der Waals surface area contributed by atoms with Crippen molar-refractivity contribution >= 4 is 0 Å². The average Bonchev–Trinajstić information content (AvgIpc) is 2.84. The highest BCUT2D eigenvalue weighted by Crippen LogP contribution is 2.43. The first kappa shape index (κ1) is 12.2. The van der Waals surface area contributed by atoms with Crippen LogP contribution in [0.4, 0.5) is 0 Å². The summed E-state index contributed by atoms with van der Waals surface area (Å²) < 4.78 is 5.54. The van der Waals surface area contributed by atoms with Crippen molar-refractivity contribution in [3.8, 4) is 0 Å². The number of nitrogens with two attached hydrogens (primary N) is 1. The maximum absolute atomic E-state index is 5.63. The summed E-state index contributed by atoms with van der Waals surface area (Å²) in [6.45, 7) is 5.95. The zero-order valence-corrected chi connectivity index (χ0v) is 10.9. The smallest absolute Gasteiger partial charge is 0.0602 e. The Morgan fingerprint density at radius 2 is 2.17 bits per heavy atom. The molecule has 0 amide bonds. The van der Waals surface area contributed by atoms with Gasteiger partial charge in [-0.2, -0.15) is 0 Å². The number of hydrogen-bond acceptors (Lipinski definition) is 3. The van der Waals surface area contributed by atoms with Gasteiger partial charge in [-0.1, -0.05) is 0 Å². The number of ether oxygens (including phenoxy) is 1. The molecule has 2 aliphatic heterocycles. The Kier molecular flexibility index (Phi) is 3.41. The molecular weight excluding hydrogens is 226 g/mol. The second-order valence-electron chi connectivity index (χ2n) is 5.64. The fourth-order valence-corrected chi connectivity index (χ4v) is 3.46. The van der Waals surface area contributed by atoms with Crippen molar-refractivity contribution < 1.29 is 4.74 Å². The van der Waals surface area contributed by atoms with E-state index in [2.05, 4.69) is 22.0 Å². The number of likely N-dealkylation sites (tertiary alicyclic amines) is 1. The van der Waals surface area contributed by atoms with Crippen LogP contribution in [0, 0.1) is 5.92 Å². The lowest BCUT2D eigenvalue weighted by Gasteiger charge is -2.49. The molecule has 2 fully saturated rings. The van der Waals surface area contributed by atoms with Gasteiger partial charge < -0.3 is 20.4 Å². The Balaban J connectivity index is 1.68. The Bertz CT molecular complexity index is 364. The summed E-state index contributed by atoms with van der Waals surface area (Å²) in [5.41, 5.74) is 7.26. The molecule has 0 bridgehead atoms. The predicted octanol–water partition coefficient (Wildman–Crippen LogP) is 0.953. The van der Waals surface area contributed by atoms with E-state index in [1.165, 1.54) is 31.6 Å². The molecule has 2 aliphatic rings. The Labute approximate surface area is 108 Å². The van der Waals surface area contributed by atoms with Crippen molar-refractivity contribution in [2.75, 3.05) is 39.4 Å². The fourth-order valence-electron chi connectivity index (χ4n) is 3.46. The van der Waals surface area contributed by atoms with Crippen molar-refractivity contribution in [3.05, 3.63) is 24.0 Å². The van der Waals surface area contributed by atoms with E-state index in [1.807, 2.05) is 6.20 Å². The third-order valence-electron chi connectivity index (χ3n) is 4.67. The molecule has 1 aromatic heterocycles. The number of aromatic amines is 1. The molecule has 3 N–H and O–H groups in total. The summed E-state index contributed by atoms with van der Waals surface area (Å²) in [7, 11) is 0. The molecule has 0 saturated carbocycles. The third-order valence-corrected chi connectivity index (χ3v) is 4.67. The van der Waals surface area contributed by atoms with E-state index in [1.54, 1.807) is 0 Å². The zero-order chi connectivity index (χ0) is 12.4.